The molecule has 1 fully saturated rings. The quantitative estimate of drug-likeness (QED) is 0.613. The summed E-state index contributed by atoms with van der Waals surface area (Å²) in [4.78, 5) is 28.5. The summed E-state index contributed by atoms with van der Waals surface area (Å²) < 4.78 is 5.27. The van der Waals surface area contributed by atoms with E-state index in [1.54, 1.807) is 0 Å². The summed E-state index contributed by atoms with van der Waals surface area (Å²) in [6.45, 7) is 5.18. The first kappa shape index (κ1) is 22.0. The van der Waals surface area contributed by atoms with Crippen molar-refractivity contribution in [2.24, 2.45) is 5.92 Å². The maximum absolute atomic E-state index is 12.1. The number of carbonyl (C=O) groups is 2. The summed E-state index contributed by atoms with van der Waals surface area (Å²) in [7, 11) is 0. The highest BCUT2D eigenvalue weighted by Gasteiger charge is 2.20. The average molecular weight is 413 g/mol. The van der Waals surface area contributed by atoms with Crippen LogP contribution in [0.2, 0.25) is 0 Å². The van der Waals surface area contributed by atoms with Crippen molar-refractivity contribution in [1.29, 1.82) is 0 Å². The molecule has 2 amide bonds. The van der Waals surface area contributed by atoms with Crippen molar-refractivity contribution in [1.82, 2.24) is 20.8 Å². The van der Waals surface area contributed by atoms with Crippen LogP contribution in [0.4, 0.5) is 0 Å². The van der Waals surface area contributed by atoms with Crippen LogP contribution >= 0.6 is 0 Å². The zero-order chi connectivity index (χ0) is 21.3. The molecule has 1 heterocycles. The Hall–Kier alpha value is -2.70. The highest BCUT2D eigenvalue weighted by atomic mass is 16.5. The zero-order valence-electron chi connectivity index (χ0n) is 17.9. The molecule has 0 bridgehead atoms. The van der Waals surface area contributed by atoms with Gasteiger partial charge >= 0.3 is 0 Å². The van der Waals surface area contributed by atoms with Crippen molar-refractivity contribution < 1.29 is 14.1 Å². The summed E-state index contributed by atoms with van der Waals surface area (Å²) in [5, 5.41) is 9.76. The number of hydrogen-bond acceptors (Lipinski definition) is 5. The molecule has 7 heteroatoms. The van der Waals surface area contributed by atoms with Crippen LogP contribution in [0.25, 0.3) is 11.4 Å². The first-order valence-electron chi connectivity index (χ1n) is 11.0. The predicted molar refractivity (Wildman–Crippen MR) is 115 cm³/mol. The smallest absolute Gasteiger partial charge is 0.227 e. The number of aryl methyl sites for hydroxylation is 1. The van der Waals surface area contributed by atoms with Gasteiger partial charge in [-0.2, -0.15) is 4.98 Å². The van der Waals surface area contributed by atoms with E-state index in [-0.39, 0.29) is 24.2 Å². The highest BCUT2D eigenvalue weighted by molar-refractivity contribution is 5.79. The lowest BCUT2D eigenvalue weighted by Crippen LogP contribution is -2.38. The summed E-state index contributed by atoms with van der Waals surface area (Å²) in [6.07, 6.45) is 6.11. The van der Waals surface area contributed by atoms with Crippen molar-refractivity contribution in [3.8, 4) is 11.4 Å². The van der Waals surface area contributed by atoms with Gasteiger partial charge in [-0.1, -0.05) is 62.5 Å². The second-order valence-electron chi connectivity index (χ2n) is 8.26. The van der Waals surface area contributed by atoms with Crippen molar-refractivity contribution in [2.75, 3.05) is 13.1 Å². The lowest BCUT2D eigenvalue weighted by molar-refractivity contribution is -0.126. The van der Waals surface area contributed by atoms with E-state index in [1.165, 1.54) is 12.0 Å². The summed E-state index contributed by atoms with van der Waals surface area (Å²) >= 11 is 0. The standard InChI is InChI=1S/C23H32N4O3/c1-16(2)17-8-10-18(11-9-17)22-26-21(30-27-22)13-12-20(28)24-14-15-25-23(29)19-6-4-3-5-7-19/h8-11,16,19H,3-7,12-15H2,1-2H3,(H,24,28)(H,25,29). The van der Waals surface area contributed by atoms with Gasteiger partial charge in [-0.3, -0.25) is 9.59 Å². The van der Waals surface area contributed by atoms with E-state index in [1.807, 2.05) is 12.1 Å². The van der Waals surface area contributed by atoms with Gasteiger partial charge in [0.25, 0.3) is 0 Å². The van der Waals surface area contributed by atoms with Crippen LogP contribution in [-0.2, 0) is 16.0 Å². The number of aromatic nitrogens is 2. The van der Waals surface area contributed by atoms with Gasteiger partial charge in [0.2, 0.25) is 23.5 Å². The predicted octanol–water partition coefficient (Wildman–Crippen LogP) is 3.61. The fourth-order valence-electron chi connectivity index (χ4n) is 3.70. The molecule has 7 nitrogen and oxygen atoms in total. The first-order valence-corrected chi connectivity index (χ1v) is 11.0. The van der Waals surface area contributed by atoms with E-state index in [0.717, 1.165) is 31.2 Å². The van der Waals surface area contributed by atoms with Crippen LogP contribution in [0, 0.1) is 5.92 Å². The van der Waals surface area contributed by atoms with Crippen molar-refractivity contribution in [2.45, 2.75) is 64.7 Å². The molecular weight excluding hydrogens is 380 g/mol. The molecule has 1 aliphatic carbocycles. The Bertz CT molecular complexity index is 823. The van der Waals surface area contributed by atoms with Crippen LogP contribution in [0.3, 0.4) is 0 Å². The Morgan fingerprint density at radius 2 is 1.77 bits per heavy atom. The van der Waals surface area contributed by atoms with Crippen LogP contribution < -0.4 is 10.6 Å². The maximum Gasteiger partial charge on any atom is 0.227 e. The van der Waals surface area contributed by atoms with Gasteiger partial charge in [-0.25, -0.2) is 0 Å². The molecule has 0 atom stereocenters. The van der Waals surface area contributed by atoms with Gasteiger partial charge in [0, 0.05) is 37.4 Å². The number of nitrogens with one attached hydrogen (secondary N) is 2. The minimum atomic E-state index is -0.0945. The number of rotatable bonds is 9. The van der Waals surface area contributed by atoms with Crippen LogP contribution in [0.5, 0.6) is 0 Å². The largest absolute Gasteiger partial charge is 0.354 e. The van der Waals surface area contributed by atoms with E-state index in [9.17, 15) is 9.59 Å². The zero-order valence-corrected chi connectivity index (χ0v) is 17.9. The Morgan fingerprint density at radius 1 is 1.07 bits per heavy atom. The Kier molecular flexibility index (Phi) is 7.99. The molecule has 1 aromatic heterocycles. The highest BCUT2D eigenvalue weighted by Crippen LogP contribution is 2.23. The summed E-state index contributed by atoms with van der Waals surface area (Å²) in [5.41, 5.74) is 2.15. The first-order chi connectivity index (χ1) is 14.5. The second-order valence-corrected chi connectivity index (χ2v) is 8.26. The Balaban J connectivity index is 1.35. The van der Waals surface area contributed by atoms with Crippen molar-refractivity contribution >= 4 is 11.8 Å². The molecule has 162 valence electrons. The number of benzene rings is 1. The summed E-state index contributed by atoms with van der Waals surface area (Å²) in [5.74, 6) is 1.61. The van der Waals surface area contributed by atoms with E-state index in [4.69, 9.17) is 4.52 Å². The van der Waals surface area contributed by atoms with Crippen LogP contribution in [-0.4, -0.2) is 35.0 Å². The van der Waals surface area contributed by atoms with Crippen molar-refractivity contribution in [3.05, 3.63) is 35.7 Å². The van der Waals surface area contributed by atoms with E-state index in [2.05, 4.69) is 46.8 Å². The van der Waals surface area contributed by atoms with Gasteiger partial charge in [0.1, 0.15) is 0 Å². The molecule has 0 spiro atoms. The normalized spacial score (nSPS) is 14.6. The molecule has 2 N–H and O–H groups in total. The average Bonchev–Trinajstić information content (AvgIpc) is 3.25. The molecular formula is C23H32N4O3. The minimum absolute atomic E-state index is 0.0945. The molecule has 2 aromatic rings. The lowest BCUT2D eigenvalue weighted by atomic mass is 9.89. The van der Waals surface area contributed by atoms with E-state index < -0.39 is 0 Å². The lowest BCUT2D eigenvalue weighted by Gasteiger charge is -2.20. The molecule has 0 radical (unpaired) electrons. The molecule has 0 unspecified atom stereocenters. The molecule has 3 rings (SSSR count). The molecule has 1 aliphatic rings. The van der Waals surface area contributed by atoms with Gasteiger partial charge in [-0.05, 0) is 24.3 Å². The fourth-order valence-corrected chi connectivity index (χ4v) is 3.70. The van der Waals surface area contributed by atoms with Crippen LogP contribution in [0.1, 0.15) is 69.7 Å². The third kappa shape index (κ3) is 6.40. The van der Waals surface area contributed by atoms with Crippen molar-refractivity contribution in [3.63, 3.8) is 0 Å². The van der Waals surface area contributed by atoms with E-state index >= 15 is 0 Å². The number of nitrogens with zero attached hydrogens (tertiary/aromatic N) is 2. The summed E-state index contributed by atoms with van der Waals surface area (Å²) in [6, 6.07) is 8.10. The SMILES string of the molecule is CC(C)c1ccc(-c2noc(CCC(=O)NCCNC(=O)C3CCCCC3)n2)cc1. The molecule has 0 saturated heterocycles. The topological polar surface area (TPSA) is 97.1 Å². The maximum atomic E-state index is 12.1. The minimum Gasteiger partial charge on any atom is -0.354 e. The second kappa shape index (κ2) is 10.9. The fraction of sp³-hybridized carbons (Fsp3) is 0.565. The van der Waals surface area contributed by atoms with Gasteiger partial charge in [0.05, 0.1) is 0 Å². The van der Waals surface area contributed by atoms with Gasteiger partial charge < -0.3 is 15.2 Å². The Labute approximate surface area is 178 Å². The molecule has 0 aliphatic heterocycles. The monoisotopic (exact) mass is 412 g/mol. The third-order valence-electron chi connectivity index (χ3n) is 5.59. The van der Waals surface area contributed by atoms with Gasteiger partial charge in [-0.15, -0.1) is 0 Å². The number of hydrogen-bond donors (Lipinski definition) is 2. The number of carbonyl (C=O) groups excluding carboxylic acids is 2. The van der Waals surface area contributed by atoms with Gasteiger partial charge in [0.15, 0.2) is 0 Å². The molecule has 1 aromatic carbocycles. The van der Waals surface area contributed by atoms with Crippen LogP contribution in [0.15, 0.2) is 28.8 Å². The van der Waals surface area contributed by atoms with E-state index in [0.29, 0.717) is 37.1 Å². The molecule has 1 saturated carbocycles. The Morgan fingerprint density at radius 3 is 2.47 bits per heavy atom. The molecule has 30 heavy (non-hydrogen) atoms. The third-order valence-corrected chi connectivity index (χ3v) is 5.59. The number of amides is 2.